The summed E-state index contributed by atoms with van der Waals surface area (Å²) < 4.78 is 14.6. The zero-order chi connectivity index (χ0) is 20.1. The summed E-state index contributed by atoms with van der Waals surface area (Å²) in [4.78, 5) is 12.4. The Kier molecular flexibility index (Phi) is 5.42. The minimum atomic E-state index is -0.340. The molecule has 0 atom stereocenters. The number of amides is 1. The number of benzene rings is 1. The number of hydrogen-bond donors (Lipinski definition) is 1. The summed E-state index contributed by atoms with van der Waals surface area (Å²) in [5, 5.41) is 11.1. The molecule has 0 spiro atoms. The van der Waals surface area contributed by atoms with Crippen molar-refractivity contribution in [2.75, 3.05) is 5.32 Å². The van der Waals surface area contributed by atoms with E-state index < -0.39 is 0 Å². The summed E-state index contributed by atoms with van der Waals surface area (Å²) >= 11 is 0. The summed E-state index contributed by atoms with van der Waals surface area (Å²) in [5.74, 6) is 1.31. The lowest BCUT2D eigenvalue weighted by atomic mass is 10.2. The van der Waals surface area contributed by atoms with Crippen LogP contribution < -0.4 is 10.1 Å². The number of furan rings is 1. The molecule has 3 aromatic heterocycles. The van der Waals surface area contributed by atoms with Crippen LogP contribution in [0.2, 0.25) is 0 Å². The number of nitrogens with one attached hydrogen (secondary N) is 1. The van der Waals surface area contributed by atoms with E-state index in [-0.39, 0.29) is 18.4 Å². The van der Waals surface area contributed by atoms with Crippen molar-refractivity contribution in [2.24, 2.45) is 0 Å². The minimum Gasteiger partial charge on any atom is -0.471 e. The summed E-state index contributed by atoms with van der Waals surface area (Å²) in [6, 6.07) is 13.2. The van der Waals surface area contributed by atoms with E-state index in [2.05, 4.69) is 22.4 Å². The molecule has 0 saturated heterocycles. The van der Waals surface area contributed by atoms with E-state index in [9.17, 15) is 4.79 Å². The van der Waals surface area contributed by atoms with Crippen molar-refractivity contribution in [1.29, 1.82) is 0 Å². The first-order chi connectivity index (χ1) is 14.2. The Morgan fingerprint density at radius 2 is 2.00 bits per heavy atom. The average Bonchev–Trinajstić information content (AvgIpc) is 3.50. The van der Waals surface area contributed by atoms with Gasteiger partial charge in [-0.15, -0.1) is 0 Å². The molecule has 8 nitrogen and oxygen atoms in total. The molecule has 0 aliphatic heterocycles. The molecule has 4 rings (SSSR count). The second-order valence-corrected chi connectivity index (χ2v) is 6.46. The number of ether oxygens (including phenoxy) is 1. The van der Waals surface area contributed by atoms with Crippen LogP contribution in [0.3, 0.4) is 0 Å². The Balaban J connectivity index is 1.31. The minimum absolute atomic E-state index is 0.229. The molecule has 29 heavy (non-hydrogen) atoms. The third-order valence-electron chi connectivity index (χ3n) is 4.35. The first-order valence-corrected chi connectivity index (χ1v) is 9.31. The van der Waals surface area contributed by atoms with E-state index >= 15 is 0 Å². The summed E-state index contributed by atoms with van der Waals surface area (Å²) in [5.41, 5.74) is 1.82. The van der Waals surface area contributed by atoms with Crippen LogP contribution >= 0.6 is 0 Å². The maximum atomic E-state index is 12.4. The van der Waals surface area contributed by atoms with Crippen LogP contribution in [0, 0.1) is 0 Å². The quantitative estimate of drug-likeness (QED) is 0.496. The molecule has 148 valence electrons. The zero-order valence-corrected chi connectivity index (χ0v) is 16.0. The lowest BCUT2D eigenvalue weighted by molar-refractivity contribution is 0.0994. The highest BCUT2D eigenvalue weighted by atomic mass is 16.5. The Hall–Kier alpha value is -3.81. The highest BCUT2D eigenvalue weighted by Crippen LogP contribution is 2.15. The fraction of sp³-hybridized carbons (Fsp3) is 0.190. The number of carbonyl (C=O) groups is 1. The van der Waals surface area contributed by atoms with Crippen LogP contribution in [-0.2, 0) is 19.7 Å². The van der Waals surface area contributed by atoms with Crippen molar-refractivity contribution in [3.05, 3.63) is 84.3 Å². The first kappa shape index (κ1) is 18.5. The van der Waals surface area contributed by atoms with E-state index in [0.29, 0.717) is 18.0 Å². The van der Waals surface area contributed by atoms with Crippen molar-refractivity contribution in [3.8, 4) is 5.75 Å². The molecule has 3 heterocycles. The van der Waals surface area contributed by atoms with Crippen molar-refractivity contribution >= 4 is 11.6 Å². The lowest BCUT2D eigenvalue weighted by Crippen LogP contribution is -2.10. The Bertz CT molecular complexity index is 1060. The normalized spacial score (nSPS) is 10.8. The second-order valence-electron chi connectivity index (χ2n) is 6.46. The van der Waals surface area contributed by atoms with E-state index in [0.717, 1.165) is 12.2 Å². The molecule has 0 saturated carbocycles. The molecule has 0 fully saturated rings. The van der Waals surface area contributed by atoms with Gasteiger partial charge in [0.2, 0.25) is 0 Å². The average molecular weight is 391 g/mol. The van der Waals surface area contributed by atoms with E-state index in [1.807, 2.05) is 36.5 Å². The first-order valence-electron chi connectivity index (χ1n) is 9.31. The van der Waals surface area contributed by atoms with Gasteiger partial charge in [0.05, 0.1) is 24.6 Å². The molecule has 4 aromatic rings. The molecule has 0 aliphatic rings. The third-order valence-corrected chi connectivity index (χ3v) is 4.35. The predicted molar refractivity (Wildman–Crippen MR) is 107 cm³/mol. The second kappa shape index (κ2) is 8.47. The van der Waals surface area contributed by atoms with Crippen LogP contribution in [-0.4, -0.2) is 25.5 Å². The molecule has 1 aromatic carbocycles. The highest BCUT2D eigenvalue weighted by Gasteiger charge is 2.13. The summed E-state index contributed by atoms with van der Waals surface area (Å²) in [6.45, 7) is 2.82. The van der Waals surface area contributed by atoms with Crippen LogP contribution in [0.5, 0.6) is 5.75 Å². The molecule has 1 amide bonds. The Labute approximate surface area is 167 Å². The van der Waals surface area contributed by atoms with E-state index in [1.54, 1.807) is 40.1 Å². The van der Waals surface area contributed by atoms with Crippen molar-refractivity contribution in [2.45, 2.75) is 26.6 Å². The van der Waals surface area contributed by atoms with Gasteiger partial charge >= 0.3 is 0 Å². The summed E-state index contributed by atoms with van der Waals surface area (Å²) in [6.07, 6.45) is 7.78. The van der Waals surface area contributed by atoms with Crippen molar-refractivity contribution in [1.82, 2.24) is 19.6 Å². The number of hydrogen-bond acceptors (Lipinski definition) is 5. The highest BCUT2D eigenvalue weighted by molar-refractivity contribution is 6.02. The smallest absolute Gasteiger partial charge is 0.291 e. The van der Waals surface area contributed by atoms with Gasteiger partial charge in [-0.05, 0) is 42.3 Å². The Morgan fingerprint density at radius 3 is 2.76 bits per heavy atom. The van der Waals surface area contributed by atoms with Gasteiger partial charge in [-0.25, -0.2) is 4.68 Å². The Morgan fingerprint density at radius 1 is 1.14 bits per heavy atom. The standard InChI is InChI=1S/C21H21N5O3/c1-2-16-4-6-18(7-5-16)28-15-26-13-17(12-23-26)24-21(27)20-9-8-19(29-20)14-25-11-3-10-22-25/h3-13H,2,14-15H2,1H3,(H,24,27). The summed E-state index contributed by atoms with van der Waals surface area (Å²) in [7, 11) is 0. The van der Waals surface area contributed by atoms with Gasteiger partial charge in [0, 0.05) is 12.4 Å². The number of nitrogens with zero attached hydrogens (tertiary/aromatic N) is 4. The van der Waals surface area contributed by atoms with Gasteiger partial charge in [-0.1, -0.05) is 19.1 Å². The van der Waals surface area contributed by atoms with Crippen molar-refractivity contribution in [3.63, 3.8) is 0 Å². The molecular formula is C21H21N5O3. The SMILES string of the molecule is CCc1ccc(OCn2cc(NC(=O)c3ccc(Cn4cccn4)o3)cn2)cc1. The number of rotatable bonds is 8. The number of aromatic nitrogens is 4. The molecule has 0 unspecified atom stereocenters. The van der Waals surface area contributed by atoms with Crippen LogP contribution in [0.4, 0.5) is 5.69 Å². The molecule has 8 heteroatoms. The maximum absolute atomic E-state index is 12.4. The van der Waals surface area contributed by atoms with E-state index in [1.165, 1.54) is 5.56 Å². The van der Waals surface area contributed by atoms with Gasteiger partial charge < -0.3 is 14.5 Å². The largest absolute Gasteiger partial charge is 0.471 e. The van der Waals surface area contributed by atoms with Crippen molar-refractivity contribution < 1.29 is 13.9 Å². The fourth-order valence-corrected chi connectivity index (χ4v) is 2.79. The topological polar surface area (TPSA) is 87.1 Å². The number of anilines is 1. The van der Waals surface area contributed by atoms with Crippen LogP contribution in [0.25, 0.3) is 0 Å². The number of aryl methyl sites for hydroxylation is 1. The fourth-order valence-electron chi connectivity index (χ4n) is 2.79. The van der Waals surface area contributed by atoms with Gasteiger partial charge in [-0.3, -0.25) is 9.48 Å². The zero-order valence-electron chi connectivity index (χ0n) is 16.0. The third kappa shape index (κ3) is 4.73. The molecular weight excluding hydrogens is 370 g/mol. The number of carbonyl (C=O) groups excluding carboxylic acids is 1. The van der Waals surface area contributed by atoms with Crippen LogP contribution in [0.15, 0.2) is 71.7 Å². The predicted octanol–water partition coefficient (Wildman–Crippen LogP) is 3.57. The van der Waals surface area contributed by atoms with Gasteiger partial charge in [0.1, 0.15) is 11.5 Å². The molecule has 1 N–H and O–H groups in total. The monoisotopic (exact) mass is 391 g/mol. The van der Waals surface area contributed by atoms with Gasteiger partial charge in [0.15, 0.2) is 12.5 Å². The molecule has 0 aliphatic carbocycles. The molecule has 0 bridgehead atoms. The van der Waals surface area contributed by atoms with Gasteiger partial charge in [0.25, 0.3) is 5.91 Å². The maximum Gasteiger partial charge on any atom is 0.291 e. The van der Waals surface area contributed by atoms with Gasteiger partial charge in [-0.2, -0.15) is 10.2 Å². The lowest BCUT2D eigenvalue weighted by Gasteiger charge is -2.06. The van der Waals surface area contributed by atoms with E-state index in [4.69, 9.17) is 9.15 Å². The van der Waals surface area contributed by atoms with Crippen LogP contribution in [0.1, 0.15) is 28.8 Å². The molecule has 0 radical (unpaired) electrons.